The summed E-state index contributed by atoms with van der Waals surface area (Å²) in [5.74, 6) is 1.41. The van der Waals surface area contributed by atoms with Gasteiger partial charge in [-0.25, -0.2) is 4.39 Å². The van der Waals surface area contributed by atoms with Gasteiger partial charge in [0.15, 0.2) is 0 Å². The Morgan fingerprint density at radius 3 is 2.52 bits per heavy atom. The number of alkyl halides is 1. The molecular weight excluding hydrogens is 367 g/mol. The smallest absolute Gasteiger partial charge is 0.149 e. The molecular formula is C24H35FN2O2. The molecule has 1 unspecified atom stereocenters. The normalized spacial score (nSPS) is 29.6. The third-order valence-corrected chi connectivity index (χ3v) is 7.96. The van der Waals surface area contributed by atoms with Crippen LogP contribution in [-0.4, -0.2) is 62.6 Å². The lowest BCUT2D eigenvalue weighted by molar-refractivity contribution is -0.0326. The minimum absolute atomic E-state index is 0.143. The average molecular weight is 403 g/mol. The molecule has 1 aromatic carbocycles. The van der Waals surface area contributed by atoms with E-state index in [-0.39, 0.29) is 6.61 Å². The molecule has 0 aromatic heterocycles. The van der Waals surface area contributed by atoms with E-state index >= 15 is 0 Å². The van der Waals surface area contributed by atoms with E-state index in [0.29, 0.717) is 37.4 Å². The summed E-state index contributed by atoms with van der Waals surface area (Å²) in [6.07, 6.45) is 7.38. The van der Waals surface area contributed by atoms with Crippen LogP contribution in [-0.2, 0) is 4.74 Å². The Morgan fingerprint density at radius 2 is 1.83 bits per heavy atom. The summed E-state index contributed by atoms with van der Waals surface area (Å²) in [6, 6.07) is 9.10. The van der Waals surface area contributed by atoms with Gasteiger partial charge in [-0.1, -0.05) is 18.2 Å². The second-order valence-corrected chi connectivity index (χ2v) is 9.90. The zero-order chi connectivity index (χ0) is 19.7. The predicted octanol–water partition coefficient (Wildman–Crippen LogP) is 3.91. The maximum atomic E-state index is 14.9. The lowest BCUT2D eigenvalue weighted by Gasteiger charge is -2.41. The second kappa shape index (κ2) is 8.16. The first-order valence-electron chi connectivity index (χ1n) is 11.6. The summed E-state index contributed by atoms with van der Waals surface area (Å²) >= 11 is 0. The average Bonchev–Trinajstić information content (AvgIpc) is 3.20. The summed E-state index contributed by atoms with van der Waals surface area (Å²) < 4.78 is 26.3. The van der Waals surface area contributed by atoms with Gasteiger partial charge in [0.1, 0.15) is 18.0 Å². The first kappa shape index (κ1) is 19.8. The van der Waals surface area contributed by atoms with Gasteiger partial charge in [-0.05, 0) is 68.2 Å². The minimum Gasteiger partial charge on any atom is -0.490 e. The third kappa shape index (κ3) is 4.19. The quantitative estimate of drug-likeness (QED) is 0.810. The largest absolute Gasteiger partial charge is 0.490 e. The van der Waals surface area contributed by atoms with Crippen molar-refractivity contribution in [3.05, 3.63) is 29.8 Å². The maximum absolute atomic E-state index is 14.9. The topological polar surface area (TPSA) is 33.7 Å². The number of hydrogen-bond acceptors (Lipinski definition) is 4. The van der Waals surface area contributed by atoms with Crippen molar-refractivity contribution in [3.63, 3.8) is 0 Å². The molecule has 29 heavy (non-hydrogen) atoms. The van der Waals surface area contributed by atoms with E-state index in [1.807, 2.05) is 12.1 Å². The third-order valence-electron chi connectivity index (χ3n) is 7.96. The molecule has 160 valence electrons. The Labute approximate surface area is 174 Å². The number of ether oxygens (including phenoxy) is 2. The molecule has 3 aliphatic heterocycles. The number of benzene rings is 1. The van der Waals surface area contributed by atoms with E-state index in [2.05, 4.69) is 22.3 Å². The van der Waals surface area contributed by atoms with E-state index in [9.17, 15) is 4.39 Å². The van der Waals surface area contributed by atoms with E-state index in [4.69, 9.17) is 9.47 Å². The van der Waals surface area contributed by atoms with Crippen LogP contribution in [0.25, 0.3) is 0 Å². The number of rotatable bonds is 5. The number of nitrogens with one attached hydrogen (secondary N) is 1. The highest BCUT2D eigenvalue weighted by Gasteiger charge is 2.45. The first-order chi connectivity index (χ1) is 14.1. The van der Waals surface area contributed by atoms with Gasteiger partial charge in [-0.3, -0.25) is 0 Å². The molecule has 3 heterocycles. The summed E-state index contributed by atoms with van der Waals surface area (Å²) in [5.41, 5.74) is 0.645. The van der Waals surface area contributed by atoms with Crippen LogP contribution in [0.2, 0.25) is 0 Å². The summed E-state index contributed by atoms with van der Waals surface area (Å²) in [4.78, 5) is 2.74. The molecule has 4 nitrogen and oxygen atoms in total. The Hall–Kier alpha value is -1.17. The van der Waals surface area contributed by atoms with Gasteiger partial charge >= 0.3 is 0 Å². The Kier molecular flexibility index (Phi) is 5.57. The van der Waals surface area contributed by atoms with Crippen molar-refractivity contribution in [1.29, 1.82) is 0 Å². The standard InChI is InChI=1S/C24H35FN2O2/c25-24(9-13-28-14-10-24)18-29-22-4-2-1-3-21(22)19-6-11-27(12-7-19)20-5-8-23(15-20)16-26-17-23/h1-4,19-20,26H,5-18H2. The van der Waals surface area contributed by atoms with Gasteiger partial charge in [-0.15, -0.1) is 0 Å². The Bertz CT molecular complexity index is 694. The monoisotopic (exact) mass is 402 g/mol. The van der Waals surface area contributed by atoms with Crippen LogP contribution in [0.4, 0.5) is 4.39 Å². The predicted molar refractivity (Wildman–Crippen MR) is 112 cm³/mol. The number of para-hydroxylation sites is 1. The molecule has 1 saturated carbocycles. The molecule has 5 heteroatoms. The van der Waals surface area contributed by atoms with Crippen molar-refractivity contribution in [2.24, 2.45) is 5.41 Å². The van der Waals surface area contributed by atoms with Crippen molar-refractivity contribution in [1.82, 2.24) is 10.2 Å². The van der Waals surface area contributed by atoms with Crippen LogP contribution < -0.4 is 10.1 Å². The molecule has 1 atom stereocenters. The van der Waals surface area contributed by atoms with E-state index in [1.165, 1.54) is 63.8 Å². The minimum atomic E-state index is -1.25. The van der Waals surface area contributed by atoms with Crippen molar-refractivity contribution >= 4 is 0 Å². The number of halogens is 1. The molecule has 3 saturated heterocycles. The summed E-state index contributed by atoms with van der Waals surface area (Å²) in [5, 5.41) is 3.47. The molecule has 1 N–H and O–H groups in total. The SMILES string of the molecule is FC1(COc2ccccc2C2CCN(C3CCC4(CNC4)C3)CC2)CCOCC1. The lowest BCUT2D eigenvalue weighted by Crippen LogP contribution is -2.52. The van der Waals surface area contributed by atoms with Crippen LogP contribution >= 0.6 is 0 Å². The van der Waals surface area contributed by atoms with Crippen LogP contribution in [0, 0.1) is 5.41 Å². The lowest BCUT2D eigenvalue weighted by atomic mass is 9.80. The van der Waals surface area contributed by atoms with Gasteiger partial charge in [-0.2, -0.15) is 0 Å². The van der Waals surface area contributed by atoms with Crippen LogP contribution in [0.3, 0.4) is 0 Å². The molecule has 1 aromatic rings. The molecule has 4 aliphatic rings. The molecule has 4 fully saturated rings. The fraction of sp³-hybridized carbons (Fsp3) is 0.750. The van der Waals surface area contributed by atoms with Gasteiger partial charge in [0.2, 0.25) is 0 Å². The highest BCUT2D eigenvalue weighted by Crippen LogP contribution is 2.44. The van der Waals surface area contributed by atoms with E-state index in [0.717, 1.165) is 11.8 Å². The highest BCUT2D eigenvalue weighted by molar-refractivity contribution is 5.36. The number of hydrogen-bond donors (Lipinski definition) is 1. The van der Waals surface area contributed by atoms with Gasteiger partial charge in [0.25, 0.3) is 0 Å². The van der Waals surface area contributed by atoms with E-state index in [1.54, 1.807) is 0 Å². The van der Waals surface area contributed by atoms with Crippen molar-refractivity contribution < 1.29 is 13.9 Å². The van der Waals surface area contributed by atoms with Gasteiger partial charge in [0.05, 0.1) is 0 Å². The van der Waals surface area contributed by atoms with Crippen molar-refractivity contribution in [2.75, 3.05) is 46.0 Å². The van der Waals surface area contributed by atoms with Gasteiger partial charge < -0.3 is 19.7 Å². The zero-order valence-electron chi connectivity index (χ0n) is 17.5. The molecule has 0 amide bonds. The molecule has 1 spiro atoms. The molecule has 0 bridgehead atoms. The fourth-order valence-electron chi connectivity index (χ4n) is 5.90. The van der Waals surface area contributed by atoms with Crippen molar-refractivity contribution in [2.45, 2.75) is 62.6 Å². The zero-order valence-corrected chi connectivity index (χ0v) is 17.5. The summed E-state index contributed by atoms with van der Waals surface area (Å²) in [6.45, 7) is 5.95. The molecule has 1 aliphatic carbocycles. The second-order valence-electron chi connectivity index (χ2n) is 9.90. The summed E-state index contributed by atoms with van der Waals surface area (Å²) in [7, 11) is 0. The Morgan fingerprint density at radius 1 is 1.07 bits per heavy atom. The fourth-order valence-corrected chi connectivity index (χ4v) is 5.90. The maximum Gasteiger partial charge on any atom is 0.149 e. The number of nitrogens with zero attached hydrogens (tertiary/aromatic N) is 1. The number of likely N-dealkylation sites (tertiary alicyclic amines) is 1. The first-order valence-corrected chi connectivity index (χ1v) is 11.6. The van der Waals surface area contributed by atoms with Gasteiger partial charge in [0, 0.05) is 45.2 Å². The van der Waals surface area contributed by atoms with Crippen LogP contribution in [0.15, 0.2) is 24.3 Å². The van der Waals surface area contributed by atoms with Crippen LogP contribution in [0.5, 0.6) is 5.75 Å². The Balaban J connectivity index is 1.18. The highest BCUT2D eigenvalue weighted by atomic mass is 19.1. The van der Waals surface area contributed by atoms with Crippen LogP contribution in [0.1, 0.15) is 56.4 Å². The van der Waals surface area contributed by atoms with E-state index < -0.39 is 5.67 Å². The molecule has 0 radical (unpaired) electrons. The number of piperidine rings is 1. The van der Waals surface area contributed by atoms with Crippen molar-refractivity contribution in [3.8, 4) is 5.75 Å². The molecule has 5 rings (SSSR count).